The highest BCUT2D eigenvalue weighted by molar-refractivity contribution is 6.30. The van der Waals surface area contributed by atoms with Crippen LogP contribution in [-0.4, -0.2) is 20.8 Å². The lowest BCUT2D eigenvalue weighted by Gasteiger charge is -2.09. The minimum Gasteiger partial charge on any atom is -0.331 e. The molecule has 0 fully saturated rings. The minimum absolute atomic E-state index is 0.00285. The molecule has 0 spiro atoms. The summed E-state index contributed by atoms with van der Waals surface area (Å²) in [4.78, 5) is 11.9. The first-order valence-corrected chi connectivity index (χ1v) is 7.45. The van der Waals surface area contributed by atoms with Gasteiger partial charge in [-0.2, -0.15) is 0 Å². The van der Waals surface area contributed by atoms with E-state index in [1.165, 1.54) is 12.1 Å². The number of nitrogens with zero attached hydrogens (tertiary/aromatic N) is 3. The molecule has 0 saturated carbocycles. The maximum Gasteiger partial charge on any atom is 0.319 e. The minimum atomic E-state index is -0.599. The molecule has 0 bridgehead atoms. The first-order chi connectivity index (χ1) is 11.6. The van der Waals surface area contributed by atoms with Gasteiger partial charge in [-0.25, -0.2) is 9.18 Å². The second kappa shape index (κ2) is 7.10. The van der Waals surface area contributed by atoms with Crippen LogP contribution in [0.1, 0.15) is 5.82 Å². The number of urea groups is 1. The molecule has 0 aliphatic rings. The molecule has 3 rings (SSSR count). The third-order valence-corrected chi connectivity index (χ3v) is 3.54. The highest BCUT2D eigenvalue weighted by atomic mass is 35.5. The maximum absolute atomic E-state index is 13.4. The van der Waals surface area contributed by atoms with Gasteiger partial charge in [0.25, 0.3) is 0 Å². The van der Waals surface area contributed by atoms with E-state index in [9.17, 15) is 9.18 Å². The van der Waals surface area contributed by atoms with E-state index >= 15 is 0 Å². The normalized spacial score (nSPS) is 10.4. The van der Waals surface area contributed by atoms with Gasteiger partial charge in [0.15, 0.2) is 5.82 Å². The van der Waals surface area contributed by atoms with Crippen molar-refractivity contribution >= 4 is 23.3 Å². The van der Waals surface area contributed by atoms with Gasteiger partial charge in [0.1, 0.15) is 12.1 Å². The average Bonchev–Trinajstić information content (AvgIpc) is 3.06. The number of rotatable bonds is 4. The molecule has 1 heterocycles. The first kappa shape index (κ1) is 15.9. The topological polar surface area (TPSA) is 71.8 Å². The van der Waals surface area contributed by atoms with Crippen molar-refractivity contribution in [2.24, 2.45) is 0 Å². The molecule has 0 saturated heterocycles. The molecule has 24 heavy (non-hydrogen) atoms. The van der Waals surface area contributed by atoms with E-state index in [1.54, 1.807) is 10.9 Å². The van der Waals surface area contributed by atoms with Crippen LogP contribution in [-0.2, 0) is 6.54 Å². The summed E-state index contributed by atoms with van der Waals surface area (Å²) < 4.78 is 15.1. The van der Waals surface area contributed by atoms with E-state index in [2.05, 4.69) is 20.8 Å². The predicted octanol–water partition coefficient (Wildman–Crippen LogP) is 3.38. The van der Waals surface area contributed by atoms with Gasteiger partial charge in [-0.1, -0.05) is 29.8 Å². The predicted molar refractivity (Wildman–Crippen MR) is 88.6 cm³/mol. The van der Waals surface area contributed by atoms with Crippen molar-refractivity contribution in [3.05, 3.63) is 71.5 Å². The molecular formula is C16H13ClFN5O. The number of carbonyl (C=O) groups excluding carboxylic acids is 1. The molecule has 8 heteroatoms. The largest absolute Gasteiger partial charge is 0.331 e. The number of para-hydroxylation sites is 1. The second-order valence-electron chi connectivity index (χ2n) is 4.89. The standard InChI is InChI=1S/C16H13ClFN5O/c17-13-7-6-11(8-14(13)18)21-16(24)19-9-15-22-20-10-23(15)12-4-2-1-3-5-12/h1-8,10H,9H2,(H2,19,21,24). The Morgan fingerprint density at radius 3 is 2.75 bits per heavy atom. The second-order valence-corrected chi connectivity index (χ2v) is 5.30. The Balaban J connectivity index is 1.63. The van der Waals surface area contributed by atoms with E-state index in [0.717, 1.165) is 11.8 Å². The van der Waals surface area contributed by atoms with Crippen molar-refractivity contribution in [3.8, 4) is 5.69 Å². The Morgan fingerprint density at radius 2 is 2.00 bits per heavy atom. The molecule has 2 amide bonds. The van der Waals surface area contributed by atoms with Crippen LogP contribution in [0, 0.1) is 5.82 Å². The fourth-order valence-corrected chi connectivity index (χ4v) is 2.21. The SMILES string of the molecule is O=C(NCc1nncn1-c1ccccc1)Nc1ccc(Cl)c(F)c1. The molecule has 1 aromatic heterocycles. The molecule has 0 atom stereocenters. The Labute approximate surface area is 142 Å². The van der Waals surface area contributed by atoms with E-state index in [-0.39, 0.29) is 11.6 Å². The fourth-order valence-electron chi connectivity index (χ4n) is 2.09. The number of hydrogen-bond donors (Lipinski definition) is 2. The van der Waals surface area contributed by atoms with E-state index in [0.29, 0.717) is 11.5 Å². The zero-order chi connectivity index (χ0) is 16.9. The molecular weight excluding hydrogens is 333 g/mol. The summed E-state index contributed by atoms with van der Waals surface area (Å²) in [5.41, 5.74) is 1.19. The van der Waals surface area contributed by atoms with E-state index < -0.39 is 11.8 Å². The fraction of sp³-hybridized carbons (Fsp3) is 0.0625. The van der Waals surface area contributed by atoms with Crippen molar-refractivity contribution in [1.82, 2.24) is 20.1 Å². The number of nitrogens with one attached hydrogen (secondary N) is 2. The highest BCUT2D eigenvalue weighted by Crippen LogP contribution is 2.18. The van der Waals surface area contributed by atoms with Gasteiger partial charge < -0.3 is 10.6 Å². The molecule has 122 valence electrons. The molecule has 0 radical (unpaired) electrons. The number of halogens is 2. The van der Waals surface area contributed by atoms with Crippen LogP contribution < -0.4 is 10.6 Å². The Hall–Kier alpha value is -2.93. The van der Waals surface area contributed by atoms with Gasteiger partial charge in [0.05, 0.1) is 11.6 Å². The van der Waals surface area contributed by atoms with Crippen LogP contribution in [0.5, 0.6) is 0 Å². The maximum atomic E-state index is 13.4. The first-order valence-electron chi connectivity index (χ1n) is 7.08. The van der Waals surface area contributed by atoms with Crippen molar-refractivity contribution in [2.45, 2.75) is 6.54 Å². The zero-order valence-electron chi connectivity index (χ0n) is 12.4. The molecule has 2 aromatic carbocycles. The number of amides is 2. The summed E-state index contributed by atoms with van der Waals surface area (Å²) in [5, 5.41) is 13.0. The molecule has 3 aromatic rings. The summed E-state index contributed by atoms with van der Waals surface area (Å²) in [6.45, 7) is 0.163. The Kier molecular flexibility index (Phi) is 4.72. The highest BCUT2D eigenvalue weighted by Gasteiger charge is 2.09. The monoisotopic (exact) mass is 345 g/mol. The molecule has 0 aliphatic heterocycles. The van der Waals surface area contributed by atoms with Gasteiger partial charge in [-0.15, -0.1) is 10.2 Å². The number of anilines is 1. The number of aromatic nitrogens is 3. The quantitative estimate of drug-likeness (QED) is 0.761. The van der Waals surface area contributed by atoms with Crippen LogP contribution >= 0.6 is 11.6 Å². The van der Waals surface area contributed by atoms with Crippen LogP contribution in [0.15, 0.2) is 54.9 Å². The van der Waals surface area contributed by atoms with Crippen molar-refractivity contribution in [3.63, 3.8) is 0 Å². The number of hydrogen-bond acceptors (Lipinski definition) is 3. The van der Waals surface area contributed by atoms with Gasteiger partial charge in [0.2, 0.25) is 0 Å². The van der Waals surface area contributed by atoms with Gasteiger partial charge in [-0.05, 0) is 30.3 Å². The lowest BCUT2D eigenvalue weighted by molar-refractivity contribution is 0.251. The molecule has 2 N–H and O–H groups in total. The Bertz CT molecular complexity index is 853. The molecule has 0 unspecified atom stereocenters. The molecule has 6 nitrogen and oxygen atoms in total. The summed E-state index contributed by atoms with van der Waals surface area (Å²) in [5.74, 6) is -0.0306. The number of benzene rings is 2. The zero-order valence-corrected chi connectivity index (χ0v) is 13.2. The van der Waals surface area contributed by atoms with Crippen molar-refractivity contribution < 1.29 is 9.18 Å². The summed E-state index contributed by atoms with van der Waals surface area (Å²) in [7, 11) is 0. The van der Waals surface area contributed by atoms with Crippen LogP contribution in [0.25, 0.3) is 5.69 Å². The van der Waals surface area contributed by atoms with Crippen molar-refractivity contribution in [1.29, 1.82) is 0 Å². The van der Waals surface area contributed by atoms with Gasteiger partial charge in [0, 0.05) is 11.4 Å². The third kappa shape index (κ3) is 3.69. The van der Waals surface area contributed by atoms with Gasteiger partial charge in [-0.3, -0.25) is 4.57 Å². The Morgan fingerprint density at radius 1 is 1.21 bits per heavy atom. The summed E-state index contributed by atoms with van der Waals surface area (Å²) >= 11 is 5.60. The summed E-state index contributed by atoms with van der Waals surface area (Å²) in [6, 6.07) is 13.1. The lowest BCUT2D eigenvalue weighted by Crippen LogP contribution is -2.29. The van der Waals surface area contributed by atoms with Crippen LogP contribution in [0.4, 0.5) is 14.9 Å². The average molecular weight is 346 g/mol. The molecule has 0 aliphatic carbocycles. The van der Waals surface area contributed by atoms with Crippen LogP contribution in [0.3, 0.4) is 0 Å². The lowest BCUT2D eigenvalue weighted by atomic mass is 10.3. The van der Waals surface area contributed by atoms with E-state index in [4.69, 9.17) is 11.6 Å². The van der Waals surface area contributed by atoms with Crippen LogP contribution in [0.2, 0.25) is 5.02 Å². The van der Waals surface area contributed by atoms with E-state index in [1.807, 2.05) is 30.3 Å². The summed E-state index contributed by atoms with van der Waals surface area (Å²) in [6.07, 6.45) is 1.57. The number of carbonyl (C=O) groups is 1. The van der Waals surface area contributed by atoms with Crippen molar-refractivity contribution in [2.75, 3.05) is 5.32 Å². The van der Waals surface area contributed by atoms with Gasteiger partial charge >= 0.3 is 6.03 Å². The smallest absolute Gasteiger partial charge is 0.319 e. The third-order valence-electron chi connectivity index (χ3n) is 3.24.